The van der Waals surface area contributed by atoms with E-state index in [9.17, 15) is 19.8 Å². The van der Waals surface area contributed by atoms with Crippen LogP contribution in [0.5, 0.6) is 0 Å². The molecule has 9 heteroatoms. The Kier molecular flexibility index (Phi) is 7.86. The quantitative estimate of drug-likeness (QED) is 0.526. The van der Waals surface area contributed by atoms with Gasteiger partial charge in [-0.05, 0) is 36.1 Å². The molecule has 3 N–H and O–H groups in total. The predicted octanol–water partition coefficient (Wildman–Crippen LogP) is 3.83. The molecule has 2 rings (SSSR count). The molecule has 1 aromatic carbocycles. The molecule has 152 valence electrons. The van der Waals surface area contributed by atoms with Crippen molar-refractivity contribution in [1.82, 2.24) is 10.3 Å². The maximum Gasteiger partial charge on any atom is 0.320 e. The van der Waals surface area contributed by atoms with E-state index in [1.165, 1.54) is 6.26 Å². The second-order valence-electron chi connectivity index (χ2n) is 6.95. The Morgan fingerprint density at radius 3 is 2.32 bits per heavy atom. The molecule has 2 atom stereocenters. The molecule has 0 amide bonds. The zero-order valence-corrected chi connectivity index (χ0v) is 17.0. The van der Waals surface area contributed by atoms with Crippen LogP contribution in [-0.2, 0) is 16.0 Å². The highest BCUT2D eigenvalue weighted by atomic mass is 35.5. The second kappa shape index (κ2) is 9.91. The Morgan fingerprint density at radius 2 is 1.79 bits per heavy atom. The molecule has 7 nitrogen and oxygen atoms in total. The van der Waals surface area contributed by atoms with Crippen LogP contribution in [0.15, 0.2) is 28.9 Å². The number of aliphatic carboxylic acids is 2. The summed E-state index contributed by atoms with van der Waals surface area (Å²) in [6.07, 6.45) is 2.13. The Labute approximate surface area is 172 Å². The molecule has 0 saturated heterocycles. The molecule has 0 saturated carbocycles. The van der Waals surface area contributed by atoms with Gasteiger partial charge in [-0.1, -0.05) is 37.0 Å². The van der Waals surface area contributed by atoms with E-state index >= 15 is 0 Å². The normalized spacial score (nSPS) is 13.5. The van der Waals surface area contributed by atoms with E-state index in [1.54, 1.807) is 18.2 Å². The van der Waals surface area contributed by atoms with E-state index in [1.807, 2.05) is 13.8 Å². The van der Waals surface area contributed by atoms with Crippen molar-refractivity contribution in [3.05, 3.63) is 51.7 Å². The van der Waals surface area contributed by atoms with Crippen molar-refractivity contribution in [2.75, 3.05) is 6.54 Å². The summed E-state index contributed by atoms with van der Waals surface area (Å²) in [6, 6.07) is 4.25. The molecule has 0 aliphatic rings. The molecule has 1 heterocycles. The summed E-state index contributed by atoms with van der Waals surface area (Å²) < 4.78 is 5.35. The van der Waals surface area contributed by atoms with Crippen LogP contribution in [-0.4, -0.2) is 39.7 Å². The summed E-state index contributed by atoms with van der Waals surface area (Å²) >= 11 is 12.0. The van der Waals surface area contributed by atoms with Gasteiger partial charge in [-0.3, -0.25) is 9.59 Å². The van der Waals surface area contributed by atoms with E-state index < -0.39 is 23.9 Å². The summed E-state index contributed by atoms with van der Waals surface area (Å²) in [5.41, 5.74) is 1.33. The summed E-state index contributed by atoms with van der Waals surface area (Å²) in [5, 5.41) is 22.6. The van der Waals surface area contributed by atoms with Crippen molar-refractivity contribution < 1.29 is 24.2 Å². The van der Waals surface area contributed by atoms with Crippen molar-refractivity contribution in [1.29, 1.82) is 0 Å². The molecule has 28 heavy (non-hydrogen) atoms. The van der Waals surface area contributed by atoms with E-state index in [0.717, 1.165) is 5.56 Å². The summed E-state index contributed by atoms with van der Waals surface area (Å²) in [4.78, 5) is 27.2. The SMILES string of the molecule is CC(C)CC(NCC(C(=O)O)c1nc(Cc2cc(Cl)cc(Cl)c2)co1)C(=O)O. The predicted molar refractivity (Wildman–Crippen MR) is 105 cm³/mol. The van der Waals surface area contributed by atoms with Gasteiger partial charge in [0, 0.05) is 23.0 Å². The van der Waals surface area contributed by atoms with E-state index in [-0.39, 0.29) is 18.4 Å². The number of benzene rings is 1. The third kappa shape index (κ3) is 6.51. The number of aromatic nitrogens is 1. The highest BCUT2D eigenvalue weighted by Crippen LogP contribution is 2.22. The summed E-state index contributed by atoms with van der Waals surface area (Å²) in [6.45, 7) is 3.69. The smallest absolute Gasteiger partial charge is 0.320 e. The molecule has 0 aliphatic carbocycles. The van der Waals surface area contributed by atoms with Gasteiger partial charge < -0.3 is 19.9 Å². The number of carboxylic acid groups (broad SMARTS) is 2. The Morgan fingerprint density at radius 1 is 1.14 bits per heavy atom. The van der Waals surface area contributed by atoms with Gasteiger partial charge in [0.2, 0.25) is 5.89 Å². The summed E-state index contributed by atoms with van der Waals surface area (Å²) in [5.74, 6) is -3.12. The lowest BCUT2D eigenvalue weighted by Crippen LogP contribution is -2.41. The number of nitrogens with one attached hydrogen (secondary N) is 1. The molecule has 0 bridgehead atoms. The highest BCUT2D eigenvalue weighted by molar-refractivity contribution is 6.34. The van der Waals surface area contributed by atoms with Gasteiger partial charge in [-0.2, -0.15) is 0 Å². The van der Waals surface area contributed by atoms with E-state index in [2.05, 4.69) is 10.3 Å². The van der Waals surface area contributed by atoms with Crippen molar-refractivity contribution in [3.8, 4) is 0 Å². The maximum absolute atomic E-state index is 11.6. The molecule has 1 aromatic heterocycles. The first-order valence-corrected chi connectivity index (χ1v) is 9.49. The number of hydrogen-bond donors (Lipinski definition) is 3. The summed E-state index contributed by atoms with van der Waals surface area (Å²) in [7, 11) is 0. The zero-order chi connectivity index (χ0) is 20.8. The molecule has 2 aromatic rings. The van der Waals surface area contributed by atoms with Crippen LogP contribution >= 0.6 is 23.2 Å². The van der Waals surface area contributed by atoms with Gasteiger partial charge in [-0.25, -0.2) is 4.98 Å². The van der Waals surface area contributed by atoms with Gasteiger partial charge >= 0.3 is 11.9 Å². The van der Waals surface area contributed by atoms with Crippen LogP contribution in [0, 0.1) is 5.92 Å². The first kappa shape index (κ1) is 22.2. The minimum absolute atomic E-state index is 0.0109. The fourth-order valence-electron chi connectivity index (χ4n) is 2.77. The maximum atomic E-state index is 11.6. The molecular formula is C19H22Cl2N2O5. The van der Waals surface area contributed by atoms with Crippen LogP contribution in [0.4, 0.5) is 0 Å². The minimum Gasteiger partial charge on any atom is -0.481 e. The van der Waals surface area contributed by atoms with Gasteiger partial charge in [-0.15, -0.1) is 0 Å². The number of rotatable bonds is 10. The largest absolute Gasteiger partial charge is 0.481 e. The van der Waals surface area contributed by atoms with Gasteiger partial charge in [0.15, 0.2) is 0 Å². The molecule has 0 radical (unpaired) electrons. The fourth-order valence-corrected chi connectivity index (χ4v) is 3.34. The lowest BCUT2D eigenvalue weighted by atomic mass is 10.0. The molecule has 2 unspecified atom stereocenters. The van der Waals surface area contributed by atoms with Crippen LogP contribution in [0.3, 0.4) is 0 Å². The van der Waals surface area contributed by atoms with Crippen LogP contribution < -0.4 is 5.32 Å². The third-order valence-electron chi connectivity index (χ3n) is 4.05. The van der Waals surface area contributed by atoms with Crippen molar-refractivity contribution in [3.63, 3.8) is 0 Å². The standard InChI is InChI=1S/C19H22Cl2N2O5/c1-10(2)3-16(19(26)27)22-8-15(18(24)25)17-23-14(9-28-17)6-11-4-12(20)7-13(21)5-11/h4-5,7,9-10,15-16,22H,3,6,8H2,1-2H3,(H,24,25)(H,26,27). The molecule has 0 aliphatic heterocycles. The number of nitrogens with zero attached hydrogens (tertiary/aromatic N) is 1. The average Bonchev–Trinajstić information content (AvgIpc) is 3.00. The van der Waals surface area contributed by atoms with Crippen molar-refractivity contribution in [2.24, 2.45) is 5.92 Å². The lowest BCUT2D eigenvalue weighted by Gasteiger charge is -2.18. The first-order chi connectivity index (χ1) is 13.2. The average molecular weight is 429 g/mol. The molecular weight excluding hydrogens is 407 g/mol. The zero-order valence-electron chi connectivity index (χ0n) is 15.5. The van der Waals surface area contributed by atoms with Crippen molar-refractivity contribution in [2.45, 2.75) is 38.6 Å². The van der Waals surface area contributed by atoms with Crippen LogP contribution in [0.2, 0.25) is 10.0 Å². The van der Waals surface area contributed by atoms with Gasteiger partial charge in [0.25, 0.3) is 0 Å². The first-order valence-electron chi connectivity index (χ1n) is 8.74. The van der Waals surface area contributed by atoms with Crippen molar-refractivity contribution >= 4 is 35.1 Å². The van der Waals surface area contributed by atoms with Crippen LogP contribution in [0.1, 0.15) is 43.3 Å². The monoisotopic (exact) mass is 428 g/mol. The Hall–Kier alpha value is -2.09. The Balaban J connectivity index is 2.10. The van der Waals surface area contributed by atoms with Crippen LogP contribution in [0.25, 0.3) is 0 Å². The molecule has 0 fully saturated rings. The number of halogens is 2. The van der Waals surface area contributed by atoms with E-state index in [0.29, 0.717) is 28.6 Å². The lowest BCUT2D eigenvalue weighted by molar-refractivity contribution is -0.142. The second-order valence-corrected chi connectivity index (χ2v) is 7.82. The number of hydrogen-bond acceptors (Lipinski definition) is 5. The Bertz CT molecular complexity index is 817. The third-order valence-corrected chi connectivity index (χ3v) is 4.48. The van der Waals surface area contributed by atoms with Gasteiger partial charge in [0.05, 0.1) is 5.69 Å². The highest BCUT2D eigenvalue weighted by Gasteiger charge is 2.28. The fraction of sp³-hybridized carbons (Fsp3) is 0.421. The number of carboxylic acids is 2. The van der Waals surface area contributed by atoms with Gasteiger partial charge in [0.1, 0.15) is 18.2 Å². The van der Waals surface area contributed by atoms with E-state index in [4.69, 9.17) is 27.6 Å². The topological polar surface area (TPSA) is 113 Å². The minimum atomic E-state index is -1.15. The number of carbonyl (C=O) groups is 2. The number of oxazole rings is 1. The molecule has 0 spiro atoms.